The van der Waals surface area contributed by atoms with E-state index in [1.165, 1.54) is 30.1 Å². The Bertz CT molecular complexity index is 601. The van der Waals surface area contributed by atoms with E-state index in [2.05, 4.69) is 20.0 Å². The first-order valence-electron chi connectivity index (χ1n) is 4.63. The minimum atomic E-state index is -3.68. The van der Waals surface area contributed by atoms with Crippen LogP contribution in [0.3, 0.4) is 0 Å². The zero-order valence-electron chi connectivity index (χ0n) is 9.21. The zero-order valence-corrected chi connectivity index (χ0v) is 10.0. The summed E-state index contributed by atoms with van der Waals surface area (Å²) < 4.78 is 32.3. The summed E-state index contributed by atoms with van der Waals surface area (Å²) in [5.41, 5.74) is 0. The van der Waals surface area contributed by atoms with Crippen molar-refractivity contribution in [1.29, 1.82) is 0 Å². The van der Waals surface area contributed by atoms with Gasteiger partial charge in [-0.15, -0.1) is 0 Å². The second kappa shape index (κ2) is 4.09. The molecule has 0 saturated carbocycles. The molecule has 0 unspecified atom stereocenters. The Balaban J connectivity index is 2.26. The van der Waals surface area contributed by atoms with Crippen LogP contribution in [0.4, 0.5) is 5.82 Å². The van der Waals surface area contributed by atoms with E-state index in [1.54, 1.807) is 7.05 Å². The molecule has 0 aliphatic heterocycles. The summed E-state index contributed by atoms with van der Waals surface area (Å²) in [6.07, 6.45) is 1.35. The van der Waals surface area contributed by atoms with Crippen LogP contribution in [0.15, 0.2) is 23.4 Å². The standard InChI is InChI=1S/C8H11N5O3S/c1-13-8(16-2)5-6(11-13)12-17(14,15)7-3-4-9-10-7/h3-5H,1-2H3,(H,9,10)(H,11,12). The number of H-pyrrole nitrogens is 1. The van der Waals surface area contributed by atoms with Gasteiger partial charge in [0.1, 0.15) is 0 Å². The topological polar surface area (TPSA) is 102 Å². The van der Waals surface area contributed by atoms with Crippen molar-refractivity contribution in [2.75, 3.05) is 11.8 Å². The van der Waals surface area contributed by atoms with E-state index < -0.39 is 10.0 Å². The van der Waals surface area contributed by atoms with E-state index >= 15 is 0 Å². The number of nitrogens with zero attached hydrogens (tertiary/aromatic N) is 3. The Morgan fingerprint density at radius 2 is 2.29 bits per heavy atom. The van der Waals surface area contributed by atoms with Gasteiger partial charge in [-0.05, 0) is 6.07 Å². The quantitative estimate of drug-likeness (QED) is 0.799. The van der Waals surface area contributed by atoms with Crippen molar-refractivity contribution in [2.45, 2.75) is 5.03 Å². The minimum Gasteiger partial charge on any atom is -0.481 e. The normalized spacial score (nSPS) is 11.4. The highest BCUT2D eigenvalue weighted by atomic mass is 32.2. The molecule has 92 valence electrons. The number of nitrogens with one attached hydrogen (secondary N) is 2. The first-order valence-corrected chi connectivity index (χ1v) is 6.11. The summed E-state index contributed by atoms with van der Waals surface area (Å²) >= 11 is 0. The number of anilines is 1. The van der Waals surface area contributed by atoms with Gasteiger partial charge in [-0.25, -0.2) is 4.68 Å². The average molecular weight is 257 g/mol. The van der Waals surface area contributed by atoms with Crippen LogP contribution in [-0.2, 0) is 17.1 Å². The van der Waals surface area contributed by atoms with Crippen LogP contribution in [0.5, 0.6) is 5.88 Å². The smallest absolute Gasteiger partial charge is 0.280 e. The van der Waals surface area contributed by atoms with Gasteiger partial charge in [0.05, 0.1) is 13.3 Å². The molecule has 0 saturated heterocycles. The fourth-order valence-corrected chi connectivity index (χ4v) is 2.17. The highest BCUT2D eigenvalue weighted by Gasteiger charge is 2.17. The predicted molar refractivity (Wildman–Crippen MR) is 59.2 cm³/mol. The third-order valence-corrected chi connectivity index (χ3v) is 3.33. The summed E-state index contributed by atoms with van der Waals surface area (Å²) in [5.74, 6) is 0.631. The lowest BCUT2D eigenvalue weighted by Crippen LogP contribution is -2.14. The lowest BCUT2D eigenvalue weighted by molar-refractivity contribution is 0.373. The van der Waals surface area contributed by atoms with Gasteiger partial charge < -0.3 is 4.74 Å². The van der Waals surface area contributed by atoms with Crippen LogP contribution in [0, 0.1) is 0 Å². The highest BCUT2D eigenvalue weighted by Crippen LogP contribution is 2.18. The molecule has 2 rings (SSSR count). The number of aryl methyl sites for hydroxylation is 1. The number of methoxy groups -OCH3 is 1. The van der Waals surface area contributed by atoms with Crippen molar-refractivity contribution in [3.8, 4) is 5.88 Å². The summed E-state index contributed by atoms with van der Waals surface area (Å²) in [4.78, 5) is 0. The number of rotatable bonds is 4. The van der Waals surface area contributed by atoms with E-state index in [4.69, 9.17) is 4.74 Å². The molecule has 0 amide bonds. The van der Waals surface area contributed by atoms with Crippen LogP contribution < -0.4 is 9.46 Å². The van der Waals surface area contributed by atoms with Crippen LogP contribution >= 0.6 is 0 Å². The maximum atomic E-state index is 11.8. The molecule has 2 aromatic heterocycles. The van der Waals surface area contributed by atoms with Gasteiger partial charge in [0, 0.05) is 13.1 Å². The first kappa shape index (κ1) is 11.5. The summed E-state index contributed by atoms with van der Waals surface area (Å²) in [5, 5.41) is 9.86. The molecule has 0 atom stereocenters. The third-order valence-electron chi connectivity index (χ3n) is 2.05. The average Bonchev–Trinajstić information content (AvgIpc) is 2.86. The van der Waals surface area contributed by atoms with Crippen molar-refractivity contribution >= 4 is 15.8 Å². The molecule has 0 aliphatic carbocycles. The Kier molecular flexibility index (Phi) is 2.76. The second-order valence-electron chi connectivity index (χ2n) is 3.22. The molecule has 0 fully saturated rings. The van der Waals surface area contributed by atoms with Crippen molar-refractivity contribution in [3.63, 3.8) is 0 Å². The van der Waals surface area contributed by atoms with Gasteiger partial charge in [-0.3, -0.25) is 9.82 Å². The molecule has 17 heavy (non-hydrogen) atoms. The molecule has 0 aliphatic rings. The van der Waals surface area contributed by atoms with Gasteiger partial charge in [0.2, 0.25) is 5.88 Å². The number of hydrogen-bond acceptors (Lipinski definition) is 5. The number of aromatic nitrogens is 4. The molecule has 2 N–H and O–H groups in total. The number of aromatic amines is 1. The lowest BCUT2D eigenvalue weighted by atomic mass is 10.6. The maximum absolute atomic E-state index is 11.8. The number of sulfonamides is 1. The monoisotopic (exact) mass is 257 g/mol. The van der Waals surface area contributed by atoms with Crippen molar-refractivity contribution < 1.29 is 13.2 Å². The Hall–Kier alpha value is -2.03. The molecule has 9 heteroatoms. The molecule has 0 aromatic carbocycles. The molecule has 0 spiro atoms. The fourth-order valence-electron chi connectivity index (χ4n) is 1.28. The van der Waals surface area contributed by atoms with E-state index in [-0.39, 0.29) is 10.8 Å². The molecule has 8 nitrogen and oxygen atoms in total. The third kappa shape index (κ3) is 2.23. The molecule has 2 heterocycles. The Labute approximate surface area is 97.6 Å². The second-order valence-corrected chi connectivity index (χ2v) is 4.87. The summed E-state index contributed by atoms with van der Waals surface area (Å²) in [7, 11) is -0.559. The summed E-state index contributed by atoms with van der Waals surface area (Å²) in [6, 6.07) is 2.83. The lowest BCUT2D eigenvalue weighted by Gasteiger charge is -2.01. The molecule has 0 radical (unpaired) electrons. The predicted octanol–water partition coefficient (Wildman–Crippen LogP) is -0.0474. The van der Waals surface area contributed by atoms with Crippen LogP contribution in [0.25, 0.3) is 0 Å². The summed E-state index contributed by atoms with van der Waals surface area (Å²) in [6.45, 7) is 0. The van der Waals surface area contributed by atoms with E-state index in [9.17, 15) is 8.42 Å². The van der Waals surface area contributed by atoms with Crippen molar-refractivity contribution in [1.82, 2.24) is 20.0 Å². The van der Waals surface area contributed by atoms with Crippen LogP contribution in [0.1, 0.15) is 0 Å². The van der Waals surface area contributed by atoms with E-state index in [0.717, 1.165) is 0 Å². The van der Waals surface area contributed by atoms with Crippen molar-refractivity contribution in [2.24, 2.45) is 7.05 Å². The number of hydrogen-bond donors (Lipinski definition) is 2. The van der Waals surface area contributed by atoms with Gasteiger partial charge in [-0.2, -0.15) is 18.6 Å². The maximum Gasteiger partial charge on any atom is 0.280 e. The van der Waals surface area contributed by atoms with Gasteiger partial charge in [0.15, 0.2) is 10.8 Å². The molecule has 2 aromatic rings. The van der Waals surface area contributed by atoms with Crippen LogP contribution in [0.2, 0.25) is 0 Å². The Morgan fingerprint density at radius 3 is 2.82 bits per heavy atom. The van der Waals surface area contributed by atoms with Gasteiger partial charge in [0.25, 0.3) is 10.0 Å². The zero-order chi connectivity index (χ0) is 12.5. The Morgan fingerprint density at radius 1 is 1.53 bits per heavy atom. The first-order chi connectivity index (χ1) is 8.03. The fraction of sp³-hybridized carbons (Fsp3) is 0.250. The van der Waals surface area contributed by atoms with E-state index in [1.807, 2.05) is 0 Å². The molecular weight excluding hydrogens is 246 g/mol. The largest absolute Gasteiger partial charge is 0.481 e. The minimum absolute atomic E-state index is 0.0258. The van der Waals surface area contributed by atoms with Crippen LogP contribution in [-0.4, -0.2) is 35.5 Å². The van der Waals surface area contributed by atoms with E-state index in [0.29, 0.717) is 5.88 Å². The van der Waals surface area contributed by atoms with Gasteiger partial charge in [-0.1, -0.05) is 0 Å². The molecule has 0 bridgehead atoms. The van der Waals surface area contributed by atoms with Crippen molar-refractivity contribution in [3.05, 3.63) is 18.3 Å². The highest BCUT2D eigenvalue weighted by molar-refractivity contribution is 7.92. The van der Waals surface area contributed by atoms with Gasteiger partial charge >= 0.3 is 0 Å². The number of ether oxygens (including phenoxy) is 1. The SMILES string of the molecule is COc1cc(NS(=O)(=O)c2ccn[nH]2)nn1C. The molecular formula is C8H11N5O3S.